The van der Waals surface area contributed by atoms with E-state index >= 15 is 0 Å². The average Bonchev–Trinajstić information content (AvgIpc) is 3.15. The van der Waals surface area contributed by atoms with Crippen molar-refractivity contribution in [3.05, 3.63) is 108 Å². The average molecular weight is 429 g/mol. The topological polar surface area (TPSA) is 34.0 Å². The van der Waals surface area contributed by atoms with E-state index in [2.05, 4.69) is 54.2 Å². The molecule has 3 nitrogen and oxygen atoms in total. The number of rotatable bonds is 8. The smallest absolute Gasteiger partial charge is 0.220 e. The van der Waals surface area contributed by atoms with Crippen LogP contribution in [0.5, 0.6) is 0 Å². The number of fused-ring (bicyclic) bond motifs is 1. The molecule has 1 atom stereocenters. The van der Waals surface area contributed by atoms with Crippen molar-refractivity contribution >= 4 is 16.8 Å². The molecule has 0 fully saturated rings. The Morgan fingerprint density at radius 1 is 0.906 bits per heavy atom. The van der Waals surface area contributed by atoms with Gasteiger partial charge in [-0.25, -0.2) is 4.39 Å². The summed E-state index contributed by atoms with van der Waals surface area (Å²) in [5, 5.41) is 4.05. The summed E-state index contributed by atoms with van der Waals surface area (Å²) in [7, 11) is 0. The van der Waals surface area contributed by atoms with Crippen molar-refractivity contribution in [3.8, 4) is 0 Å². The quantitative estimate of drug-likeness (QED) is 0.360. The first kappa shape index (κ1) is 21.8. The highest BCUT2D eigenvalue weighted by Gasteiger charge is 2.25. The van der Waals surface area contributed by atoms with Gasteiger partial charge in [-0.2, -0.15) is 0 Å². The fourth-order valence-electron chi connectivity index (χ4n) is 4.18. The molecular weight excluding hydrogens is 399 g/mol. The third-order valence-electron chi connectivity index (χ3n) is 5.77. The molecule has 164 valence electrons. The molecule has 32 heavy (non-hydrogen) atoms. The van der Waals surface area contributed by atoms with E-state index in [1.807, 2.05) is 36.4 Å². The molecule has 4 rings (SSSR count). The number of halogens is 1. The van der Waals surface area contributed by atoms with Crippen LogP contribution in [0.4, 0.5) is 4.39 Å². The molecule has 0 aliphatic carbocycles. The second-order valence-electron chi connectivity index (χ2n) is 8.69. The van der Waals surface area contributed by atoms with Crippen molar-refractivity contribution in [2.24, 2.45) is 5.92 Å². The van der Waals surface area contributed by atoms with Crippen LogP contribution in [0, 0.1) is 11.7 Å². The molecule has 0 spiro atoms. The molecule has 0 bridgehead atoms. The lowest BCUT2D eigenvalue weighted by atomic mass is 9.87. The zero-order valence-corrected chi connectivity index (χ0v) is 18.6. The minimum Gasteiger partial charge on any atom is -0.356 e. The lowest BCUT2D eigenvalue weighted by molar-refractivity contribution is -0.121. The number of carbonyl (C=O) groups is 1. The van der Waals surface area contributed by atoms with Gasteiger partial charge in [0.1, 0.15) is 5.82 Å². The van der Waals surface area contributed by atoms with Gasteiger partial charge in [0.15, 0.2) is 0 Å². The molecular formula is C28H29FN2O. The summed E-state index contributed by atoms with van der Waals surface area (Å²) in [6, 6.07) is 25.2. The third-order valence-corrected chi connectivity index (χ3v) is 5.77. The largest absolute Gasteiger partial charge is 0.356 e. The summed E-state index contributed by atoms with van der Waals surface area (Å²) >= 11 is 0. The molecule has 0 saturated carbocycles. The van der Waals surface area contributed by atoms with Crippen molar-refractivity contribution in [1.29, 1.82) is 0 Å². The molecule has 1 amide bonds. The second kappa shape index (κ2) is 9.82. The number of para-hydroxylation sites is 1. The molecule has 0 saturated heterocycles. The Balaban J connectivity index is 1.77. The third kappa shape index (κ3) is 4.91. The van der Waals surface area contributed by atoms with Crippen LogP contribution in [0.1, 0.15) is 42.9 Å². The number of nitrogens with one attached hydrogen (secondary N) is 1. The first-order valence-corrected chi connectivity index (χ1v) is 11.2. The van der Waals surface area contributed by atoms with E-state index in [0.717, 1.165) is 16.5 Å². The standard InChI is InChI=1S/C28H29FN2O/c1-20(2)17-30-28(32)16-24(22-12-6-8-14-26(22)29)25-19-31(18-21-10-4-3-5-11-21)27-15-9-7-13-23(25)27/h3-15,19-20,24H,16-18H2,1-2H3,(H,30,32)/t24-/m0/s1. The Labute approximate surface area is 188 Å². The van der Waals surface area contributed by atoms with Gasteiger partial charge < -0.3 is 9.88 Å². The van der Waals surface area contributed by atoms with Crippen LogP contribution in [0.3, 0.4) is 0 Å². The Morgan fingerprint density at radius 3 is 2.34 bits per heavy atom. The number of benzene rings is 3. The lowest BCUT2D eigenvalue weighted by Crippen LogP contribution is -2.29. The fourth-order valence-corrected chi connectivity index (χ4v) is 4.18. The number of amides is 1. The zero-order valence-electron chi connectivity index (χ0n) is 18.6. The van der Waals surface area contributed by atoms with E-state index in [1.165, 1.54) is 11.6 Å². The highest BCUT2D eigenvalue weighted by atomic mass is 19.1. The van der Waals surface area contributed by atoms with Crippen molar-refractivity contribution in [3.63, 3.8) is 0 Å². The van der Waals surface area contributed by atoms with Crippen LogP contribution < -0.4 is 5.32 Å². The maximum absolute atomic E-state index is 14.9. The lowest BCUT2D eigenvalue weighted by Gasteiger charge is -2.18. The predicted molar refractivity (Wildman–Crippen MR) is 128 cm³/mol. The number of aromatic nitrogens is 1. The van der Waals surface area contributed by atoms with E-state index in [1.54, 1.807) is 12.1 Å². The molecule has 0 radical (unpaired) electrons. The maximum atomic E-state index is 14.9. The molecule has 1 heterocycles. The van der Waals surface area contributed by atoms with Crippen LogP contribution >= 0.6 is 0 Å². The van der Waals surface area contributed by atoms with Crippen molar-refractivity contribution < 1.29 is 9.18 Å². The molecule has 1 aromatic heterocycles. The summed E-state index contributed by atoms with van der Waals surface area (Å²) in [4.78, 5) is 12.8. The van der Waals surface area contributed by atoms with Gasteiger partial charge in [0.05, 0.1) is 0 Å². The van der Waals surface area contributed by atoms with E-state index in [0.29, 0.717) is 24.6 Å². The van der Waals surface area contributed by atoms with Gasteiger partial charge in [0, 0.05) is 42.5 Å². The first-order valence-electron chi connectivity index (χ1n) is 11.2. The Morgan fingerprint density at radius 2 is 1.59 bits per heavy atom. The Kier molecular flexibility index (Phi) is 6.69. The predicted octanol–water partition coefficient (Wildman–Crippen LogP) is 6.12. The minimum atomic E-state index is -0.370. The Hall–Kier alpha value is -3.40. The van der Waals surface area contributed by atoms with Crippen LogP contribution in [0.2, 0.25) is 0 Å². The first-order chi connectivity index (χ1) is 15.5. The zero-order chi connectivity index (χ0) is 22.5. The summed E-state index contributed by atoms with van der Waals surface area (Å²) in [5.41, 5.74) is 3.79. The Bertz CT molecular complexity index is 1200. The monoisotopic (exact) mass is 428 g/mol. The minimum absolute atomic E-state index is 0.0631. The second-order valence-corrected chi connectivity index (χ2v) is 8.69. The van der Waals surface area contributed by atoms with E-state index in [9.17, 15) is 9.18 Å². The van der Waals surface area contributed by atoms with Crippen LogP contribution in [-0.4, -0.2) is 17.0 Å². The van der Waals surface area contributed by atoms with Gasteiger partial charge in [0.25, 0.3) is 0 Å². The number of nitrogens with zero attached hydrogens (tertiary/aromatic N) is 1. The van der Waals surface area contributed by atoms with Crippen molar-refractivity contribution in [2.75, 3.05) is 6.54 Å². The van der Waals surface area contributed by atoms with Gasteiger partial charge in [-0.3, -0.25) is 4.79 Å². The molecule has 4 heteroatoms. The normalized spacial score (nSPS) is 12.2. The number of hydrogen-bond acceptors (Lipinski definition) is 1. The van der Waals surface area contributed by atoms with E-state index < -0.39 is 0 Å². The van der Waals surface area contributed by atoms with E-state index in [4.69, 9.17) is 0 Å². The summed E-state index contributed by atoms with van der Waals surface area (Å²) in [6.07, 6.45) is 2.29. The molecule has 0 unspecified atom stereocenters. The van der Waals surface area contributed by atoms with Gasteiger partial charge in [-0.05, 0) is 34.7 Å². The molecule has 0 aliphatic heterocycles. The molecule has 0 aliphatic rings. The maximum Gasteiger partial charge on any atom is 0.220 e. The van der Waals surface area contributed by atoms with Crippen molar-refractivity contribution in [1.82, 2.24) is 9.88 Å². The molecule has 4 aromatic rings. The summed E-state index contributed by atoms with van der Waals surface area (Å²) < 4.78 is 17.1. The number of carbonyl (C=O) groups excluding carboxylic acids is 1. The molecule has 1 N–H and O–H groups in total. The summed E-state index contributed by atoms with van der Waals surface area (Å²) in [5.74, 6) is -0.357. The van der Waals surface area contributed by atoms with Crippen molar-refractivity contribution in [2.45, 2.75) is 32.7 Å². The van der Waals surface area contributed by atoms with Gasteiger partial charge in [-0.15, -0.1) is 0 Å². The fraction of sp³-hybridized carbons (Fsp3) is 0.250. The number of hydrogen-bond donors (Lipinski definition) is 1. The summed E-state index contributed by atoms with van der Waals surface area (Å²) in [6.45, 7) is 5.45. The van der Waals surface area contributed by atoms with Crippen LogP contribution in [-0.2, 0) is 11.3 Å². The van der Waals surface area contributed by atoms with Gasteiger partial charge >= 0.3 is 0 Å². The van der Waals surface area contributed by atoms with E-state index in [-0.39, 0.29) is 24.1 Å². The molecule has 3 aromatic carbocycles. The van der Waals surface area contributed by atoms with Crippen LogP contribution in [0.25, 0.3) is 10.9 Å². The SMILES string of the molecule is CC(C)CNC(=O)C[C@@H](c1ccccc1F)c1cn(Cc2ccccc2)c2ccccc12. The van der Waals surface area contributed by atoms with Gasteiger partial charge in [-0.1, -0.05) is 80.6 Å². The van der Waals surface area contributed by atoms with Gasteiger partial charge in [0.2, 0.25) is 5.91 Å². The highest BCUT2D eigenvalue weighted by Crippen LogP contribution is 2.36. The highest BCUT2D eigenvalue weighted by molar-refractivity contribution is 5.86. The van der Waals surface area contributed by atoms with Crippen LogP contribution in [0.15, 0.2) is 85.1 Å².